The molecule has 3 aliphatic heterocycles. The van der Waals surface area contributed by atoms with Crippen molar-refractivity contribution >= 4 is 17.9 Å². The van der Waals surface area contributed by atoms with Crippen molar-refractivity contribution in [3.05, 3.63) is 102 Å². The number of carbonyl (C=O) groups is 2. The summed E-state index contributed by atoms with van der Waals surface area (Å²) in [5.74, 6) is 0.840. The summed E-state index contributed by atoms with van der Waals surface area (Å²) < 4.78 is 18.2. The van der Waals surface area contributed by atoms with Gasteiger partial charge in [-0.3, -0.25) is 4.90 Å². The number of hydrogen-bond acceptors (Lipinski definition) is 6. The number of fused-ring (bicyclic) bond motifs is 3. The lowest BCUT2D eigenvalue weighted by Crippen LogP contribution is -2.67. The molecule has 3 aromatic rings. The molecule has 0 N–H and O–H groups in total. The first-order chi connectivity index (χ1) is 18.6. The smallest absolute Gasteiger partial charge is 0.496 e. The molecule has 0 aliphatic carbocycles. The number of benzene rings is 3. The van der Waals surface area contributed by atoms with Gasteiger partial charge in [0, 0.05) is 17.7 Å². The number of piperidine rings is 1. The number of hydrazine groups is 1. The minimum Gasteiger partial charge on any atom is -0.496 e. The summed E-state index contributed by atoms with van der Waals surface area (Å²) in [5, 5.41) is 1.43. The molecule has 0 radical (unpaired) electrons. The van der Waals surface area contributed by atoms with Gasteiger partial charge < -0.3 is 14.2 Å². The fourth-order valence-electron chi connectivity index (χ4n) is 5.02. The third-order valence-electron chi connectivity index (χ3n) is 6.93. The molecule has 2 bridgehead atoms. The number of hydrazone groups is 1. The Morgan fingerprint density at radius 2 is 1.50 bits per heavy atom. The van der Waals surface area contributed by atoms with E-state index in [1.54, 1.807) is 7.11 Å². The highest BCUT2D eigenvalue weighted by Crippen LogP contribution is 2.28. The fourth-order valence-corrected chi connectivity index (χ4v) is 5.02. The van der Waals surface area contributed by atoms with E-state index in [9.17, 15) is 9.59 Å². The van der Waals surface area contributed by atoms with Crippen molar-refractivity contribution in [3.63, 3.8) is 0 Å². The highest BCUT2D eigenvalue weighted by Gasteiger charge is 2.53. The molecule has 0 spiro atoms. The van der Waals surface area contributed by atoms with Gasteiger partial charge in [-0.05, 0) is 35.6 Å². The Morgan fingerprint density at radius 1 is 0.868 bits per heavy atom. The summed E-state index contributed by atoms with van der Waals surface area (Å²) in [4.78, 5) is 29.0. The van der Waals surface area contributed by atoms with E-state index in [0.29, 0.717) is 25.9 Å². The minimum absolute atomic E-state index is 0.117. The Bertz CT molecular complexity index is 1300. The Hall–Kier alpha value is -4.17. The van der Waals surface area contributed by atoms with Crippen LogP contribution in [0.2, 0.25) is 0 Å². The Balaban J connectivity index is 1.35. The Morgan fingerprint density at radius 3 is 2.18 bits per heavy atom. The second kappa shape index (κ2) is 11.9. The Labute approximate surface area is 222 Å². The molecule has 1 fully saturated rings. The van der Waals surface area contributed by atoms with Crippen molar-refractivity contribution in [2.45, 2.75) is 38.6 Å². The van der Waals surface area contributed by atoms with Crippen LogP contribution in [0.5, 0.6) is 5.75 Å². The molecule has 0 aromatic heterocycles. The van der Waals surface area contributed by atoms with Crippen LogP contribution < -0.4 is 4.74 Å². The van der Waals surface area contributed by atoms with Crippen LogP contribution in [0.3, 0.4) is 0 Å². The van der Waals surface area contributed by atoms with Gasteiger partial charge in [-0.15, -0.1) is 0 Å². The fraction of sp³-hybridized carbons (Fsp3) is 0.300. The van der Waals surface area contributed by atoms with Crippen molar-refractivity contribution in [2.75, 3.05) is 20.2 Å². The van der Waals surface area contributed by atoms with Crippen molar-refractivity contribution in [3.8, 4) is 5.75 Å². The van der Waals surface area contributed by atoms with Gasteiger partial charge in [0.1, 0.15) is 19.0 Å². The molecular formula is C30H32N3O5+. The topological polar surface area (TPSA) is 71.3 Å². The number of rotatable bonds is 8. The van der Waals surface area contributed by atoms with Crippen LogP contribution >= 0.6 is 0 Å². The normalized spacial score (nSPS) is 16.9. The lowest BCUT2D eigenvalue weighted by atomic mass is 10.0. The summed E-state index contributed by atoms with van der Waals surface area (Å²) in [6.45, 7) is 1.51. The van der Waals surface area contributed by atoms with Gasteiger partial charge in [-0.25, -0.2) is 4.79 Å². The molecule has 1 atom stereocenters. The second-order valence-electron chi connectivity index (χ2n) is 9.35. The number of nitrogens with zero attached hydrogens (tertiary/aromatic N) is 3. The first kappa shape index (κ1) is 25.5. The summed E-state index contributed by atoms with van der Waals surface area (Å²) >= 11 is 0. The largest absolute Gasteiger partial charge is 0.627 e. The molecule has 8 nitrogen and oxygen atoms in total. The van der Waals surface area contributed by atoms with E-state index >= 15 is 0 Å². The molecular weight excluding hydrogens is 482 g/mol. The quantitative estimate of drug-likeness (QED) is 0.393. The average Bonchev–Trinajstić information content (AvgIpc) is 2.98. The highest BCUT2D eigenvalue weighted by molar-refractivity contribution is 5.88. The molecule has 3 aromatic carbocycles. The zero-order chi connectivity index (χ0) is 26.3. The maximum Gasteiger partial charge on any atom is 0.627 e. The molecule has 8 heteroatoms. The summed E-state index contributed by atoms with van der Waals surface area (Å²) in [6, 6.07) is 26.9. The van der Waals surface area contributed by atoms with Crippen molar-refractivity contribution in [2.24, 2.45) is 0 Å². The lowest BCUT2D eigenvalue weighted by molar-refractivity contribution is -0.630. The predicted molar refractivity (Wildman–Crippen MR) is 142 cm³/mol. The maximum atomic E-state index is 13.5. The van der Waals surface area contributed by atoms with E-state index in [4.69, 9.17) is 14.2 Å². The molecule has 3 aliphatic rings. The van der Waals surface area contributed by atoms with E-state index in [0.717, 1.165) is 34.6 Å². The third kappa shape index (κ3) is 5.70. The van der Waals surface area contributed by atoms with E-state index in [-0.39, 0.29) is 19.4 Å². The van der Waals surface area contributed by atoms with Crippen LogP contribution in [0, 0.1) is 0 Å². The molecule has 1 saturated heterocycles. The van der Waals surface area contributed by atoms with Gasteiger partial charge in [0.2, 0.25) is 5.71 Å². The molecule has 3 heterocycles. The van der Waals surface area contributed by atoms with E-state index in [2.05, 4.69) is 4.90 Å². The SMILES string of the molecule is COc1ccccc1CCN1CC2=[N+](C(=O)OCc3ccccc3)N(C(=O)OCc3ccccc3)C1CC2. The van der Waals surface area contributed by atoms with Crippen molar-refractivity contribution < 1.29 is 28.5 Å². The number of hydrogen-bond donors (Lipinski definition) is 0. The molecule has 196 valence electrons. The van der Waals surface area contributed by atoms with Crippen molar-refractivity contribution in [1.82, 2.24) is 9.91 Å². The van der Waals surface area contributed by atoms with Crippen LogP contribution in [0.4, 0.5) is 9.59 Å². The molecule has 38 heavy (non-hydrogen) atoms. The van der Waals surface area contributed by atoms with E-state index < -0.39 is 12.2 Å². The number of amides is 2. The predicted octanol–water partition coefficient (Wildman–Crippen LogP) is 5.02. The molecule has 6 rings (SSSR count). The van der Waals surface area contributed by atoms with Gasteiger partial charge in [0.25, 0.3) is 0 Å². The second-order valence-corrected chi connectivity index (χ2v) is 9.35. The highest BCUT2D eigenvalue weighted by atomic mass is 16.6. The van der Waals surface area contributed by atoms with Gasteiger partial charge >= 0.3 is 12.2 Å². The minimum atomic E-state index is -0.574. The maximum absolute atomic E-state index is 13.5. The summed E-state index contributed by atoms with van der Waals surface area (Å²) in [7, 11) is 1.67. The number of carbonyl (C=O) groups excluding carboxylic acids is 2. The average molecular weight is 515 g/mol. The van der Waals surface area contributed by atoms with Crippen LogP contribution in [0.15, 0.2) is 84.9 Å². The summed E-state index contributed by atoms with van der Waals surface area (Å²) in [6.07, 6.45) is 0.696. The van der Waals surface area contributed by atoms with Gasteiger partial charge in [-0.2, -0.15) is 4.79 Å². The van der Waals surface area contributed by atoms with Gasteiger partial charge in [0.05, 0.1) is 13.7 Å². The van der Waals surface area contributed by atoms with Gasteiger partial charge in [-0.1, -0.05) is 83.9 Å². The standard InChI is InChI=1S/C30H32N3O5/c1-36-27-15-9-8-14-25(27)18-19-31-20-26-16-17-28(31)33(30(35)38-22-24-12-6-3-7-13-24)32(26)29(34)37-21-23-10-4-2-5-11-23/h2-15,28H,16-22H2,1H3/q+1. The number of methoxy groups -OCH3 is 1. The van der Waals surface area contributed by atoms with Crippen LogP contribution in [0.25, 0.3) is 0 Å². The number of ether oxygens (including phenoxy) is 3. The van der Waals surface area contributed by atoms with Crippen LogP contribution in [-0.4, -0.2) is 58.9 Å². The van der Waals surface area contributed by atoms with Crippen molar-refractivity contribution in [1.29, 1.82) is 0 Å². The molecule has 1 unspecified atom stereocenters. The molecule has 2 amide bonds. The first-order valence-corrected chi connectivity index (χ1v) is 12.9. The van der Waals surface area contributed by atoms with Crippen LogP contribution in [0.1, 0.15) is 29.5 Å². The third-order valence-corrected chi connectivity index (χ3v) is 6.93. The zero-order valence-corrected chi connectivity index (χ0v) is 21.5. The monoisotopic (exact) mass is 514 g/mol. The summed E-state index contributed by atoms with van der Waals surface area (Å²) in [5.41, 5.74) is 3.67. The molecule has 0 saturated carbocycles. The zero-order valence-electron chi connectivity index (χ0n) is 21.5. The van der Waals surface area contributed by atoms with E-state index in [1.165, 1.54) is 9.69 Å². The van der Waals surface area contributed by atoms with E-state index in [1.807, 2.05) is 84.9 Å². The van der Waals surface area contributed by atoms with Crippen LogP contribution in [-0.2, 0) is 29.1 Å². The Kier molecular flexibility index (Phi) is 7.99. The first-order valence-electron chi connectivity index (χ1n) is 12.9. The lowest BCUT2D eigenvalue weighted by Gasteiger charge is -2.42. The van der Waals surface area contributed by atoms with Gasteiger partial charge in [0.15, 0.2) is 6.17 Å². The number of para-hydroxylation sites is 1.